The molecular formula is C19H22ClN3OS. The molecule has 3 rings (SSSR count). The topological polar surface area (TPSA) is 37.4 Å². The maximum atomic E-state index is 6.10. The van der Waals surface area contributed by atoms with Gasteiger partial charge in [0.25, 0.3) is 0 Å². The zero-order valence-corrected chi connectivity index (χ0v) is 15.8. The van der Waals surface area contributed by atoms with Gasteiger partial charge in [-0.05, 0) is 67.9 Å². The number of nitrogens with one attached hydrogen (secondary N) is 1. The van der Waals surface area contributed by atoms with Crippen LogP contribution in [-0.2, 0) is 11.3 Å². The van der Waals surface area contributed by atoms with Crippen molar-refractivity contribution in [3.05, 3.63) is 58.9 Å². The summed E-state index contributed by atoms with van der Waals surface area (Å²) in [7, 11) is 0. The number of rotatable bonds is 5. The van der Waals surface area contributed by atoms with Gasteiger partial charge in [-0.2, -0.15) is 0 Å². The summed E-state index contributed by atoms with van der Waals surface area (Å²) in [5.74, 6) is 0. The molecule has 1 aliphatic heterocycles. The quantitative estimate of drug-likeness (QED) is 0.783. The molecule has 0 unspecified atom stereocenters. The Hall–Kier alpha value is -1.69. The fourth-order valence-corrected chi connectivity index (χ4v) is 3.24. The molecule has 6 heteroatoms. The lowest BCUT2D eigenvalue weighted by molar-refractivity contribution is 0.0903. The predicted octanol–water partition coefficient (Wildman–Crippen LogP) is 4.42. The van der Waals surface area contributed by atoms with Crippen molar-refractivity contribution >= 4 is 34.6 Å². The Labute approximate surface area is 159 Å². The molecule has 25 heavy (non-hydrogen) atoms. The van der Waals surface area contributed by atoms with Crippen LogP contribution in [-0.4, -0.2) is 34.3 Å². The second-order valence-corrected chi connectivity index (χ2v) is 7.02. The van der Waals surface area contributed by atoms with Crippen molar-refractivity contribution in [1.29, 1.82) is 0 Å². The van der Waals surface area contributed by atoms with Crippen molar-refractivity contribution < 1.29 is 4.74 Å². The first-order valence-electron chi connectivity index (χ1n) is 8.45. The molecule has 1 saturated heterocycles. The maximum absolute atomic E-state index is 6.10. The van der Waals surface area contributed by atoms with E-state index in [2.05, 4.69) is 15.2 Å². The van der Waals surface area contributed by atoms with E-state index >= 15 is 0 Å². The van der Waals surface area contributed by atoms with Crippen molar-refractivity contribution in [1.82, 2.24) is 9.88 Å². The highest BCUT2D eigenvalue weighted by molar-refractivity contribution is 7.80. The number of ether oxygens (including phenoxy) is 1. The Morgan fingerprint density at radius 2 is 2.28 bits per heavy atom. The molecule has 1 aromatic heterocycles. The molecule has 0 amide bonds. The summed E-state index contributed by atoms with van der Waals surface area (Å²) in [6.07, 6.45) is 4.20. The van der Waals surface area contributed by atoms with E-state index in [0.717, 1.165) is 48.0 Å². The van der Waals surface area contributed by atoms with Crippen LogP contribution in [0.25, 0.3) is 0 Å². The number of anilines is 1. The highest BCUT2D eigenvalue weighted by Gasteiger charge is 2.21. The Balaban J connectivity index is 1.72. The van der Waals surface area contributed by atoms with Crippen molar-refractivity contribution in [2.45, 2.75) is 32.4 Å². The zero-order chi connectivity index (χ0) is 17.6. The van der Waals surface area contributed by atoms with Gasteiger partial charge in [-0.3, -0.25) is 4.98 Å². The minimum absolute atomic E-state index is 0.218. The first-order chi connectivity index (χ1) is 12.1. The van der Waals surface area contributed by atoms with Gasteiger partial charge < -0.3 is 15.0 Å². The molecule has 4 nitrogen and oxygen atoms in total. The van der Waals surface area contributed by atoms with E-state index in [1.165, 1.54) is 0 Å². The summed E-state index contributed by atoms with van der Waals surface area (Å²) in [6.45, 7) is 4.22. The first kappa shape index (κ1) is 18.1. The van der Waals surface area contributed by atoms with Crippen LogP contribution in [0.4, 0.5) is 5.69 Å². The van der Waals surface area contributed by atoms with Crippen molar-refractivity contribution in [3.8, 4) is 0 Å². The molecule has 1 aliphatic rings. The van der Waals surface area contributed by atoms with Crippen LogP contribution >= 0.6 is 23.8 Å². The van der Waals surface area contributed by atoms with Crippen molar-refractivity contribution in [3.63, 3.8) is 0 Å². The van der Waals surface area contributed by atoms with E-state index in [0.29, 0.717) is 11.7 Å². The van der Waals surface area contributed by atoms with Gasteiger partial charge in [0, 0.05) is 30.1 Å². The summed E-state index contributed by atoms with van der Waals surface area (Å²) in [5.41, 5.74) is 2.94. The SMILES string of the molecule is Cc1cc(NC(=S)N(Cc2ccccn2)C[C@H]2CCCO2)ccc1Cl. The molecule has 1 fully saturated rings. The van der Waals surface area contributed by atoms with Gasteiger partial charge in [0.1, 0.15) is 0 Å². The summed E-state index contributed by atoms with van der Waals surface area (Å²) in [6, 6.07) is 11.7. The molecule has 0 saturated carbocycles. The smallest absolute Gasteiger partial charge is 0.173 e. The summed E-state index contributed by atoms with van der Waals surface area (Å²) < 4.78 is 5.79. The van der Waals surface area contributed by atoms with Crippen LogP contribution in [0, 0.1) is 6.92 Å². The number of halogens is 1. The van der Waals surface area contributed by atoms with Gasteiger partial charge in [-0.1, -0.05) is 17.7 Å². The minimum atomic E-state index is 0.218. The fourth-order valence-electron chi connectivity index (χ4n) is 2.87. The highest BCUT2D eigenvalue weighted by atomic mass is 35.5. The first-order valence-corrected chi connectivity index (χ1v) is 9.24. The summed E-state index contributed by atoms with van der Waals surface area (Å²) in [5, 5.41) is 4.74. The van der Waals surface area contributed by atoms with Crippen molar-refractivity contribution in [2.75, 3.05) is 18.5 Å². The van der Waals surface area contributed by atoms with Gasteiger partial charge in [0.05, 0.1) is 18.3 Å². The predicted molar refractivity (Wildman–Crippen MR) is 106 cm³/mol. The molecule has 2 aromatic rings. The molecule has 1 aromatic carbocycles. The molecule has 0 spiro atoms. The van der Waals surface area contributed by atoms with Gasteiger partial charge in [-0.25, -0.2) is 0 Å². The number of benzene rings is 1. The number of hydrogen-bond donors (Lipinski definition) is 1. The van der Waals surface area contributed by atoms with Crippen LogP contribution in [0.2, 0.25) is 5.02 Å². The van der Waals surface area contributed by atoms with E-state index in [1.54, 1.807) is 6.20 Å². The van der Waals surface area contributed by atoms with E-state index in [9.17, 15) is 0 Å². The average molecular weight is 376 g/mol. The van der Waals surface area contributed by atoms with Crippen LogP contribution < -0.4 is 5.32 Å². The Morgan fingerprint density at radius 3 is 2.96 bits per heavy atom. The van der Waals surface area contributed by atoms with Gasteiger partial charge in [-0.15, -0.1) is 0 Å². The lowest BCUT2D eigenvalue weighted by atomic mass is 10.2. The van der Waals surface area contributed by atoms with Crippen LogP contribution in [0.5, 0.6) is 0 Å². The van der Waals surface area contributed by atoms with Crippen LogP contribution in [0.15, 0.2) is 42.6 Å². The van der Waals surface area contributed by atoms with E-state index in [-0.39, 0.29) is 6.10 Å². The summed E-state index contributed by atoms with van der Waals surface area (Å²) in [4.78, 5) is 6.54. The second-order valence-electron chi connectivity index (χ2n) is 6.23. The molecule has 2 heterocycles. The second kappa shape index (κ2) is 8.61. The number of hydrogen-bond acceptors (Lipinski definition) is 3. The monoisotopic (exact) mass is 375 g/mol. The zero-order valence-electron chi connectivity index (χ0n) is 14.2. The molecule has 1 N–H and O–H groups in total. The number of aromatic nitrogens is 1. The third-order valence-electron chi connectivity index (χ3n) is 4.22. The largest absolute Gasteiger partial charge is 0.376 e. The Morgan fingerprint density at radius 1 is 1.40 bits per heavy atom. The molecule has 1 atom stereocenters. The van der Waals surface area contributed by atoms with Crippen LogP contribution in [0.1, 0.15) is 24.1 Å². The number of pyridine rings is 1. The standard InChI is InChI=1S/C19H22ClN3OS/c1-14-11-15(7-8-18(14)20)22-19(25)23(13-17-6-4-10-24-17)12-16-5-2-3-9-21-16/h2-3,5,7-9,11,17H,4,6,10,12-13H2,1H3,(H,22,25)/t17-/m1/s1. The fraction of sp³-hybridized carbons (Fsp3) is 0.368. The lowest BCUT2D eigenvalue weighted by Crippen LogP contribution is -2.39. The number of nitrogens with zero attached hydrogens (tertiary/aromatic N) is 2. The van der Waals surface area contributed by atoms with E-state index in [4.69, 9.17) is 28.6 Å². The molecular weight excluding hydrogens is 354 g/mol. The number of aryl methyl sites for hydroxylation is 1. The van der Waals surface area contributed by atoms with Gasteiger partial charge in [0.2, 0.25) is 0 Å². The highest BCUT2D eigenvalue weighted by Crippen LogP contribution is 2.21. The maximum Gasteiger partial charge on any atom is 0.173 e. The minimum Gasteiger partial charge on any atom is -0.376 e. The number of thiocarbonyl (C=S) groups is 1. The Bertz CT molecular complexity index is 720. The normalized spacial score (nSPS) is 16.6. The van der Waals surface area contributed by atoms with Gasteiger partial charge in [0.15, 0.2) is 5.11 Å². The summed E-state index contributed by atoms with van der Waals surface area (Å²) >= 11 is 11.8. The Kier molecular flexibility index (Phi) is 6.24. The molecule has 0 bridgehead atoms. The third kappa shape index (κ3) is 5.14. The lowest BCUT2D eigenvalue weighted by Gasteiger charge is -2.28. The van der Waals surface area contributed by atoms with E-state index in [1.807, 2.05) is 43.3 Å². The molecule has 132 valence electrons. The average Bonchev–Trinajstić information content (AvgIpc) is 3.12. The van der Waals surface area contributed by atoms with Gasteiger partial charge >= 0.3 is 0 Å². The van der Waals surface area contributed by atoms with Crippen molar-refractivity contribution in [2.24, 2.45) is 0 Å². The molecule has 0 aliphatic carbocycles. The molecule has 0 radical (unpaired) electrons. The van der Waals surface area contributed by atoms with E-state index < -0.39 is 0 Å². The van der Waals surface area contributed by atoms with Crippen LogP contribution in [0.3, 0.4) is 0 Å². The third-order valence-corrected chi connectivity index (χ3v) is 5.01.